The Bertz CT molecular complexity index is 308. The fourth-order valence-electron chi connectivity index (χ4n) is 1.01. The van der Waals surface area contributed by atoms with E-state index in [9.17, 15) is 4.79 Å². The third-order valence-corrected chi connectivity index (χ3v) is 1.62. The summed E-state index contributed by atoms with van der Waals surface area (Å²) in [5.41, 5.74) is 1.15. The predicted octanol–water partition coefficient (Wildman–Crippen LogP) is -0.411. The van der Waals surface area contributed by atoms with Gasteiger partial charge in [0.2, 0.25) is 0 Å². The SMILES string of the molecule is COCc1c(CC(=O)O)nnn1C. The quantitative estimate of drug-likeness (QED) is 0.689. The highest BCUT2D eigenvalue weighted by atomic mass is 16.5. The summed E-state index contributed by atoms with van der Waals surface area (Å²) >= 11 is 0. The maximum Gasteiger partial charge on any atom is 0.309 e. The third kappa shape index (κ3) is 2.25. The largest absolute Gasteiger partial charge is 0.481 e. The second-order valence-electron chi connectivity index (χ2n) is 2.61. The van der Waals surface area contributed by atoms with Crippen LogP contribution in [0.4, 0.5) is 0 Å². The van der Waals surface area contributed by atoms with Crippen LogP contribution in [0.1, 0.15) is 11.4 Å². The molecule has 0 aliphatic rings. The van der Waals surface area contributed by atoms with Crippen LogP contribution in [0.2, 0.25) is 0 Å². The van der Waals surface area contributed by atoms with E-state index in [1.807, 2.05) is 0 Å². The van der Waals surface area contributed by atoms with E-state index in [2.05, 4.69) is 10.3 Å². The Morgan fingerprint density at radius 2 is 2.38 bits per heavy atom. The average molecular weight is 185 g/mol. The summed E-state index contributed by atoms with van der Waals surface area (Å²) in [6, 6.07) is 0. The van der Waals surface area contributed by atoms with E-state index in [4.69, 9.17) is 9.84 Å². The molecule has 0 radical (unpaired) electrons. The van der Waals surface area contributed by atoms with Gasteiger partial charge in [-0.15, -0.1) is 5.10 Å². The lowest BCUT2D eigenvalue weighted by atomic mass is 10.2. The molecule has 0 fully saturated rings. The Hall–Kier alpha value is -1.43. The van der Waals surface area contributed by atoms with E-state index in [-0.39, 0.29) is 6.42 Å². The van der Waals surface area contributed by atoms with Gasteiger partial charge in [-0.1, -0.05) is 5.21 Å². The molecule has 1 rings (SSSR count). The number of rotatable bonds is 4. The van der Waals surface area contributed by atoms with Crippen molar-refractivity contribution in [3.63, 3.8) is 0 Å². The predicted molar refractivity (Wildman–Crippen MR) is 43.1 cm³/mol. The molecule has 0 aliphatic carbocycles. The summed E-state index contributed by atoms with van der Waals surface area (Å²) in [4.78, 5) is 10.4. The zero-order valence-electron chi connectivity index (χ0n) is 7.52. The molecular weight excluding hydrogens is 174 g/mol. The zero-order valence-corrected chi connectivity index (χ0v) is 7.52. The highest BCUT2D eigenvalue weighted by Crippen LogP contribution is 2.05. The summed E-state index contributed by atoms with van der Waals surface area (Å²) in [5, 5.41) is 16.0. The third-order valence-electron chi connectivity index (χ3n) is 1.62. The van der Waals surface area contributed by atoms with Crippen LogP contribution in [-0.2, 0) is 29.6 Å². The van der Waals surface area contributed by atoms with Crippen molar-refractivity contribution >= 4 is 5.97 Å². The first kappa shape index (κ1) is 9.66. The van der Waals surface area contributed by atoms with Gasteiger partial charge in [-0.2, -0.15) is 0 Å². The van der Waals surface area contributed by atoms with E-state index in [1.54, 1.807) is 7.05 Å². The van der Waals surface area contributed by atoms with Crippen LogP contribution in [0.25, 0.3) is 0 Å². The average Bonchev–Trinajstić information content (AvgIpc) is 2.35. The Morgan fingerprint density at radius 1 is 1.69 bits per heavy atom. The number of hydrogen-bond acceptors (Lipinski definition) is 4. The van der Waals surface area contributed by atoms with E-state index in [1.165, 1.54) is 11.8 Å². The minimum Gasteiger partial charge on any atom is -0.481 e. The number of aryl methyl sites for hydroxylation is 1. The number of aromatic nitrogens is 3. The van der Waals surface area contributed by atoms with Gasteiger partial charge in [0.15, 0.2) is 0 Å². The first-order valence-corrected chi connectivity index (χ1v) is 3.73. The lowest BCUT2D eigenvalue weighted by molar-refractivity contribution is -0.136. The molecule has 0 aromatic carbocycles. The van der Waals surface area contributed by atoms with Crippen LogP contribution >= 0.6 is 0 Å². The van der Waals surface area contributed by atoms with Gasteiger partial charge in [0.1, 0.15) is 0 Å². The standard InChI is InChI=1S/C7H11N3O3/c1-10-6(4-13-2)5(8-9-10)3-7(11)12/h3-4H2,1-2H3,(H,11,12). The number of carboxylic acid groups (broad SMARTS) is 1. The molecule has 0 unspecified atom stereocenters. The van der Waals surface area contributed by atoms with Gasteiger partial charge in [-0.3, -0.25) is 4.79 Å². The number of carbonyl (C=O) groups is 1. The second-order valence-corrected chi connectivity index (χ2v) is 2.61. The van der Waals surface area contributed by atoms with Crippen molar-refractivity contribution < 1.29 is 14.6 Å². The minimum absolute atomic E-state index is 0.119. The molecule has 1 heterocycles. The molecule has 0 aliphatic heterocycles. The molecule has 1 aromatic rings. The van der Waals surface area contributed by atoms with Gasteiger partial charge in [0.05, 0.1) is 24.4 Å². The van der Waals surface area contributed by atoms with E-state index < -0.39 is 5.97 Å². The minimum atomic E-state index is -0.919. The van der Waals surface area contributed by atoms with Crippen molar-refractivity contribution in [3.05, 3.63) is 11.4 Å². The molecule has 0 saturated carbocycles. The lowest BCUT2D eigenvalue weighted by Gasteiger charge is -2.00. The van der Waals surface area contributed by atoms with Crippen LogP contribution in [0, 0.1) is 0 Å². The number of carboxylic acids is 1. The Balaban J connectivity index is 2.86. The summed E-state index contributed by atoms with van der Waals surface area (Å²) in [6.07, 6.45) is -0.119. The molecule has 0 saturated heterocycles. The molecule has 1 N–H and O–H groups in total. The molecule has 0 amide bonds. The number of ether oxygens (including phenoxy) is 1. The maximum absolute atomic E-state index is 10.4. The molecule has 0 bridgehead atoms. The molecule has 0 spiro atoms. The van der Waals surface area contributed by atoms with Gasteiger partial charge < -0.3 is 9.84 Å². The monoisotopic (exact) mass is 185 g/mol. The van der Waals surface area contributed by atoms with Crippen LogP contribution in [0.3, 0.4) is 0 Å². The number of aliphatic carboxylic acids is 1. The van der Waals surface area contributed by atoms with Crippen molar-refractivity contribution in [3.8, 4) is 0 Å². The number of hydrogen-bond donors (Lipinski definition) is 1. The smallest absolute Gasteiger partial charge is 0.309 e. The fourth-order valence-corrected chi connectivity index (χ4v) is 1.01. The number of nitrogens with zero attached hydrogens (tertiary/aromatic N) is 3. The Morgan fingerprint density at radius 3 is 2.92 bits per heavy atom. The van der Waals surface area contributed by atoms with Crippen LogP contribution in [0.15, 0.2) is 0 Å². The molecule has 0 atom stereocenters. The molecule has 13 heavy (non-hydrogen) atoms. The van der Waals surface area contributed by atoms with Gasteiger partial charge in [-0.05, 0) is 0 Å². The molecular formula is C7H11N3O3. The molecule has 1 aromatic heterocycles. The van der Waals surface area contributed by atoms with Crippen molar-refractivity contribution in [2.24, 2.45) is 7.05 Å². The first-order valence-electron chi connectivity index (χ1n) is 3.73. The topological polar surface area (TPSA) is 77.2 Å². The number of methoxy groups -OCH3 is 1. The highest BCUT2D eigenvalue weighted by molar-refractivity contribution is 5.69. The molecule has 72 valence electrons. The summed E-state index contributed by atoms with van der Waals surface area (Å²) < 4.78 is 6.41. The van der Waals surface area contributed by atoms with Crippen LogP contribution < -0.4 is 0 Å². The van der Waals surface area contributed by atoms with Gasteiger partial charge in [0.25, 0.3) is 0 Å². The lowest BCUT2D eigenvalue weighted by Crippen LogP contribution is -2.06. The van der Waals surface area contributed by atoms with Crippen molar-refractivity contribution in [2.75, 3.05) is 7.11 Å². The maximum atomic E-state index is 10.4. The summed E-state index contributed by atoms with van der Waals surface area (Å²) in [7, 11) is 3.24. The van der Waals surface area contributed by atoms with Crippen molar-refractivity contribution in [1.82, 2.24) is 15.0 Å². The van der Waals surface area contributed by atoms with E-state index >= 15 is 0 Å². The fraction of sp³-hybridized carbons (Fsp3) is 0.571. The van der Waals surface area contributed by atoms with Crippen LogP contribution in [0.5, 0.6) is 0 Å². The van der Waals surface area contributed by atoms with E-state index in [0.717, 1.165) is 0 Å². The van der Waals surface area contributed by atoms with Crippen LogP contribution in [-0.4, -0.2) is 33.2 Å². The zero-order chi connectivity index (χ0) is 9.84. The molecule has 6 nitrogen and oxygen atoms in total. The Labute approximate surface area is 75.1 Å². The second kappa shape index (κ2) is 3.99. The Kier molecular flexibility index (Phi) is 2.97. The van der Waals surface area contributed by atoms with E-state index in [0.29, 0.717) is 18.0 Å². The highest BCUT2D eigenvalue weighted by Gasteiger charge is 2.12. The molecule has 6 heteroatoms. The summed E-state index contributed by atoms with van der Waals surface area (Å²) in [6.45, 7) is 0.326. The van der Waals surface area contributed by atoms with Crippen molar-refractivity contribution in [2.45, 2.75) is 13.0 Å². The normalized spacial score (nSPS) is 10.3. The van der Waals surface area contributed by atoms with Crippen molar-refractivity contribution in [1.29, 1.82) is 0 Å². The van der Waals surface area contributed by atoms with Gasteiger partial charge in [-0.25, -0.2) is 4.68 Å². The van der Waals surface area contributed by atoms with Gasteiger partial charge in [0, 0.05) is 14.2 Å². The van der Waals surface area contributed by atoms with Gasteiger partial charge >= 0.3 is 5.97 Å². The first-order chi connectivity index (χ1) is 6.15. The summed E-state index contributed by atoms with van der Waals surface area (Å²) in [5.74, 6) is -0.919.